The Balaban J connectivity index is 1.37. The van der Waals surface area contributed by atoms with Crippen molar-refractivity contribution in [3.8, 4) is 0 Å². The van der Waals surface area contributed by atoms with Crippen LogP contribution in [0.15, 0.2) is 47.5 Å². The third-order valence-electron chi connectivity index (χ3n) is 4.36. The fourth-order valence-electron chi connectivity index (χ4n) is 3.01. The first kappa shape index (κ1) is 14.8. The molecule has 124 valence electrons. The molecule has 24 heavy (non-hydrogen) atoms. The molecular formula is C16H19N7O. The van der Waals surface area contributed by atoms with E-state index >= 15 is 0 Å². The van der Waals surface area contributed by atoms with Crippen LogP contribution in [0, 0.1) is 0 Å². The lowest BCUT2D eigenvalue weighted by molar-refractivity contribution is 0.241. The number of piperazine rings is 1. The van der Waals surface area contributed by atoms with Gasteiger partial charge < -0.3 is 4.90 Å². The minimum Gasteiger partial charge on any atom is -0.338 e. The van der Waals surface area contributed by atoms with Crippen LogP contribution in [0.2, 0.25) is 0 Å². The van der Waals surface area contributed by atoms with Gasteiger partial charge in [0.2, 0.25) is 5.95 Å². The molecule has 1 aliphatic rings. The third-order valence-corrected chi connectivity index (χ3v) is 4.36. The molecule has 3 aromatic rings. The number of fused-ring (bicyclic) bond motifs is 1. The molecule has 1 fully saturated rings. The Bertz CT molecular complexity index is 879. The van der Waals surface area contributed by atoms with Crippen LogP contribution in [0.1, 0.15) is 0 Å². The topological polar surface area (TPSA) is 71.6 Å². The lowest BCUT2D eigenvalue weighted by Crippen LogP contribution is -2.48. The largest absolute Gasteiger partial charge is 0.338 e. The zero-order chi connectivity index (χ0) is 16.4. The van der Waals surface area contributed by atoms with Crippen molar-refractivity contribution in [3.63, 3.8) is 0 Å². The van der Waals surface area contributed by atoms with Gasteiger partial charge >= 0.3 is 0 Å². The zero-order valence-electron chi connectivity index (χ0n) is 13.3. The van der Waals surface area contributed by atoms with E-state index in [-0.39, 0.29) is 5.56 Å². The minimum absolute atomic E-state index is 0.0499. The lowest BCUT2D eigenvalue weighted by atomic mass is 10.3. The molecule has 0 aliphatic carbocycles. The molecule has 3 aromatic heterocycles. The van der Waals surface area contributed by atoms with Crippen LogP contribution in [0.5, 0.6) is 0 Å². The van der Waals surface area contributed by atoms with Crippen molar-refractivity contribution in [1.82, 2.24) is 29.3 Å². The first-order valence-electron chi connectivity index (χ1n) is 8.10. The Morgan fingerprint density at radius 3 is 2.67 bits per heavy atom. The van der Waals surface area contributed by atoms with Crippen molar-refractivity contribution < 1.29 is 0 Å². The van der Waals surface area contributed by atoms with Gasteiger partial charge in [0.05, 0.1) is 6.54 Å². The van der Waals surface area contributed by atoms with Crippen molar-refractivity contribution in [2.24, 2.45) is 0 Å². The predicted octanol–water partition coefficient (Wildman–Crippen LogP) is 0.108. The summed E-state index contributed by atoms with van der Waals surface area (Å²) >= 11 is 0. The highest BCUT2D eigenvalue weighted by atomic mass is 16.1. The highest BCUT2D eigenvalue weighted by Crippen LogP contribution is 2.15. The maximum absolute atomic E-state index is 11.7. The monoisotopic (exact) mass is 325 g/mol. The normalized spacial score (nSPS) is 15.9. The SMILES string of the molecule is O=c1cccnn1CCN1CCN(c2nnc3ccccn23)CC1. The molecule has 0 radical (unpaired) electrons. The molecule has 0 bridgehead atoms. The van der Waals surface area contributed by atoms with Crippen LogP contribution in [-0.4, -0.2) is 62.0 Å². The summed E-state index contributed by atoms with van der Waals surface area (Å²) in [6.45, 7) is 5.10. The molecule has 4 rings (SSSR count). The van der Waals surface area contributed by atoms with Crippen molar-refractivity contribution in [1.29, 1.82) is 0 Å². The average Bonchev–Trinajstić information content (AvgIpc) is 3.06. The molecule has 0 saturated carbocycles. The molecule has 8 nitrogen and oxygen atoms in total. The van der Waals surface area contributed by atoms with E-state index in [1.807, 2.05) is 28.8 Å². The Morgan fingerprint density at radius 2 is 1.83 bits per heavy atom. The molecule has 1 aliphatic heterocycles. The molecular weight excluding hydrogens is 306 g/mol. The van der Waals surface area contributed by atoms with E-state index in [0.29, 0.717) is 6.54 Å². The van der Waals surface area contributed by atoms with Crippen LogP contribution in [-0.2, 0) is 6.54 Å². The smallest absolute Gasteiger partial charge is 0.266 e. The molecule has 1 saturated heterocycles. The first-order valence-corrected chi connectivity index (χ1v) is 8.10. The first-order chi connectivity index (χ1) is 11.8. The van der Waals surface area contributed by atoms with Crippen molar-refractivity contribution in [3.05, 3.63) is 53.1 Å². The van der Waals surface area contributed by atoms with Crippen LogP contribution >= 0.6 is 0 Å². The van der Waals surface area contributed by atoms with Crippen LogP contribution in [0.25, 0.3) is 5.65 Å². The van der Waals surface area contributed by atoms with E-state index in [4.69, 9.17) is 0 Å². The second-order valence-corrected chi connectivity index (χ2v) is 5.84. The minimum atomic E-state index is -0.0499. The van der Waals surface area contributed by atoms with Gasteiger partial charge in [-0.25, -0.2) is 4.68 Å². The molecule has 0 unspecified atom stereocenters. The van der Waals surface area contributed by atoms with Gasteiger partial charge in [-0.15, -0.1) is 10.2 Å². The van der Waals surface area contributed by atoms with Gasteiger partial charge in [-0.2, -0.15) is 5.10 Å². The van der Waals surface area contributed by atoms with Crippen molar-refractivity contribution >= 4 is 11.6 Å². The predicted molar refractivity (Wildman–Crippen MR) is 90.1 cm³/mol. The van der Waals surface area contributed by atoms with Crippen molar-refractivity contribution in [2.75, 3.05) is 37.6 Å². The van der Waals surface area contributed by atoms with Crippen LogP contribution in [0.3, 0.4) is 0 Å². The quantitative estimate of drug-likeness (QED) is 0.678. The average molecular weight is 325 g/mol. The highest BCUT2D eigenvalue weighted by molar-refractivity contribution is 5.46. The Morgan fingerprint density at radius 1 is 0.958 bits per heavy atom. The molecule has 0 amide bonds. The highest BCUT2D eigenvalue weighted by Gasteiger charge is 2.20. The summed E-state index contributed by atoms with van der Waals surface area (Å²) in [5.41, 5.74) is 0.815. The number of hydrogen-bond donors (Lipinski definition) is 0. The maximum atomic E-state index is 11.7. The summed E-state index contributed by atoms with van der Waals surface area (Å²) in [5.74, 6) is 0.895. The van der Waals surface area contributed by atoms with Gasteiger partial charge in [-0.05, 0) is 18.2 Å². The van der Waals surface area contributed by atoms with E-state index < -0.39 is 0 Å². The Kier molecular flexibility index (Phi) is 3.96. The number of aromatic nitrogens is 5. The number of nitrogens with zero attached hydrogens (tertiary/aromatic N) is 7. The van der Waals surface area contributed by atoms with Gasteiger partial charge in [0.1, 0.15) is 0 Å². The van der Waals surface area contributed by atoms with E-state index in [1.165, 1.54) is 4.68 Å². The number of pyridine rings is 1. The van der Waals surface area contributed by atoms with E-state index in [9.17, 15) is 4.79 Å². The molecule has 8 heteroatoms. The zero-order valence-corrected chi connectivity index (χ0v) is 13.3. The molecule has 0 aromatic carbocycles. The summed E-state index contributed by atoms with van der Waals surface area (Å²) < 4.78 is 3.53. The summed E-state index contributed by atoms with van der Waals surface area (Å²) in [5, 5.41) is 12.6. The van der Waals surface area contributed by atoms with E-state index in [2.05, 4.69) is 25.1 Å². The summed E-state index contributed by atoms with van der Waals surface area (Å²) in [6.07, 6.45) is 3.64. The summed E-state index contributed by atoms with van der Waals surface area (Å²) in [4.78, 5) is 16.3. The number of anilines is 1. The fourth-order valence-corrected chi connectivity index (χ4v) is 3.01. The second kappa shape index (κ2) is 6.40. The number of rotatable bonds is 4. The van der Waals surface area contributed by atoms with Gasteiger partial charge in [0.15, 0.2) is 5.65 Å². The van der Waals surface area contributed by atoms with Gasteiger partial charge in [0.25, 0.3) is 5.56 Å². The molecule has 4 heterocycles. The molecule has 0 spiro atoms. The van der Waals surface area contributed by atoms with E-state index in [0.717, 1.165) is 44.3 Å². The maximum Gasteiger partial charge on any atom is 0.266 e. The Hall–Kier alpha value is -2.74. The van der Waals surface area contributed by atoms with E-state index in [1.54, 1.807) is 18.3 Å². The lowest BCUT2D eigenvalue weighted by Gasteiger charge is -2.34. The van der Waals surface area contributed by atoms with Gasteiger partial charge in [-0.3, -0.25) is 14.1 Å². The summed E-state index contributed by atoms with van der Waals surface area (Å²) in [7, 11) is 0. The Labute approximate surface area is 138 Å². The molecule has 0 atom stereocenters. The number of hydrogen-bond acceptors (Lipinski definition) is 6. The standard InChI is InChI=1S/C16H19N7O/c24-15-5-3-6-17-23(15)13-10-20-8-11-21(12-9-20)16-19-18-14-4-1-2-7-22(14)16/h1-7H,8-13H2. The fraction of sp³-hybridized carbons (Fsp3) is 0.375. The van der Waals surface area contributed by atoms with Crippen LogP contribution < -0.4 is 10.5 Å². The second-order valence-electron chi connectivity index (χ2n) is 5.84. The summed E-state index contributed by atoms with van der Waals surface area (Å²) in [6, 6.07) is 9.12. The molecule has 0 N–H and O–H groups in total. The third kappa shape index (κ3) is 2.88. The van der Waals surface area contributed by atoms with Crippen LogP contribution in [0.4, 0.5) is 5.95 Å². The van der Waals surface area contributed by atoms with Crippen molar-refractivity contribution in [2.45, 2.75) is 6.54 Å². The van der Waals surface area contributed by atoms with Gasteiger partial charge in [0, 0.05) is 51.2 Å². The van der Waals surface area contributed by atoms with Gasteiger partial charge in [-0.1, -0.05) is 6.07 Å².